The molecule has 2 heterocycles. The van der Waals surface area contributed by atoms with Crippen LogP contribution in [0, 0.1) is 34.0 Å². The van der Waals surface area contributed by atoms with Crippen LogP contribution in [0.5, 0.6) is 0 Å². The van der Waals surface area contributed by atoms with Crippen LogP contribution in [0.4, 0.5) is 0 Å². The molecule has 0 atom stereocenters. The van der Waals surface area contributed by atoms with E-state index >= 15 is 0 Å². The number of nitrogens with zero attached hydrogens (tertiary/aromatic N) is 7. The summed E-state index contributed by atoms with van der Waals surface area (Å²) in [5.41, 5.74) is 8.34. The summed E-state index contributed by atoms with van der Waals surface area (Å²) in [7, 11) is 0. The summed E-state index contributed by atoms with van der Waals surface area (Å²) in [6.07, 6.45) is 0. The second-order valence-corrected chi connectivity index (χ2v) is 11.5. The summed E-state index contributed by atoms with van der Waals surface area (Å²) in [5.74, 6) is 1.55. The van der Waals surface area contributed by atoms with Gasteiger partial charge in [-0.3, -0.25) is 0 Å². The molecule has 226 valence electrons. The predicted octanol–water partition coefficient (Wildman–Crippen LogP) is 9.25. The lowest BCUT2D eigenvalue weighted by Gasteiger charge is -2.15. The van der Waals surface area contributed by atoms with Crippen LogP contribution in [0.3, 0.4) is 0 Å². The zero-order valence-electron chi connectivity index (χ0n) is 25.9. The van der Waals surface area contributed by atoms with Crippen molar-refractivity contribution in [1.82, 2.24) is 19.5 Å². The summed E-state index contributed by atoms with van der Waals surface area (Å²) >= 11 is 0. The van der Waals surface area contributed by atoms with Crippen LogP contribution in [0.1, 0.15) is 16.7 Å². The molecule has 49 heavy (non-hydrogen) atoms. The molecule has 7 nitrogen and oxygen atoms in total. The molecule has 0 saturated heterocycles. The Hall–Kier alpha value is -7.40. The Morgan fingerprint density at radius 3 is 1.41 bits per heavy atom. The Labute approximate surface area is 281 Å². The SMILES string of the molecule is N#Cc1ccc(-c2ccc(-n3c4cc(C#N)ccc4c4ccc(C#N)cc43)cc2-c2nc(-c3ccccc3)nc(-c3ccccc3)n2)cc1. The smallest absolute Gasteiger partial charge is 0.164 e. The lowest BCUT2D eigenvalue weighted by Crippen LogP contribution is -2.02. The average molecular weight is 626 g/mol. The minimum atomic E-state index is 0.477. The van der Waals surface area contributed by atoms with Gasteiger partial charge in [-0.1, -0.05) is 91.0 Å². The Morgan fingerprint density at radius 2 is 0.898 bits per heavy atom. The second kappa shape index (κ2) is 12.1. The van der Waals surface area contributed by atoms with Crippen molar-refractivity contribution in [2.45, 2.75) is 0 Å². The zero-order valence-corrected chi connectivity index (χ0v) is 25.9. The summed E-state index contributed by atoms with van der Waals surface area (Å²) in [5, 5.41) is 31.0. The van der Waals surface area contributed by atoms with Crippen molar-refractivity contribution in [1.29, 1.82) is 15.8 Å². The van der Waals surface area contributed by atoms with Crippen molar-refractivity contribution in [3.05, 3.63) is 156 Å². The fraction of sp³-hybridized carbons (Fsp3) is 0. The monoisotopic (exact) mass is 625 g/mol. The molecule has 7 heteroatoms. The van der Waals surface area contributed by atoms with E-state index < -0.39 is 0 Å². The van der Waals surface area contributed by atoms with E-state index in [9.17, 15) is 15.8 Å². The van der Waals surface area contributed by atoms with E-state index in [1.165, 1.54) is 0 Å². The van der Waals surface area contributed by atoms with E-state index in [1.54, 1.807) is 12.1 Å². The number of hydrogen-bond donors (Lipinski definition) is 0. The fourth-order valence-corrected chi connectivity index (χ4v) is 6.20. The number of hydrogen-bond acceptors (Lipinski definition) is 6. The molecule has 8 rings (SSSR count). The average Bonchev–Trinajstić information content (AvgIpc) is 3.50. The quantitative estimate of drug-likeness (QED) is 0.188. The van der Waals surface area contributed by atoms with Crippen LogP contribution in [-0.2, 0) is 0 Å². The lowest BCUT2D eigenvalue weighted by atomic mass is 9.97. The third kappa shape index (κ3) is 5.22. The van der Waals surface area contributed by atoms with Crippen LogP contribution < -0.4 is 0 Å². The van der Waals surface area contributed by atoms with Crippen LogP contribution in [0.15, 0.2) is 140 Å². The van der Waals surface area contributed by atoms with Crippen molar-refractivity contribution >= 4 is 21.8 Å². The molecule has 0 fully saturated rings. The number of aromatic nitrogens is 4. The van der Waals surface area contributed by atoms with Gasteiger partial charge in [0.15, 0.2) is 17.5 Å². The maximum absolute atomic E-state index is 9.80. The Kier molecular flexibility index (Phi) is 7.16. The van der Waals surface area contributed by atoms with Crippen molar-refractivity contribution < 1.29 is 0 Å². The first kappa shape index (κ1) is 29.0. The highest BCUT2D eigenvalue weighted by atomic mass is 15.0. The van der Waals surface area contributed by atoms with Gasteiger partial charge in [-0.05, 0) is 59.7 Å². The van der Waals surface area contributed by atoms with Gasteiger partial charge < -0.3 is 4.57 Å². The van der Waals surface area contributed by atoms with Gasteiger partial charge in [0.05, 0.1) is 45.9 Å². The zero-order chi connectivity index (χ0) is 33.3. The minimum Gasteiger partial charge on any atom is -0.309 e. The van der Waals surface area contributed by atoms with Crippen molar-refractivity contribution in [3.63, 3.8) is 0 Å². The van der Waals surface area contributed by atoms with Gasteiger partial charge in [0.2, 0.25) is 0 Å². The van der Waals surface area contributed by atoms with Gasteiger partial charge in [0.1, 0.15) is 0 Å². The highest BCUT2D eigenvalue weighted by Gasteiger charge is 2.19. The molecular formula is C42H23N7. The summed E-state index contributed by atoms with van der Waals surface area (Å²) in [4.78, 5) is 15.0. The predicted molar refractivity (Wildman–Crippen MR) is 190 cm³/mol. The Morgan fingerprint density at radius 1 is 0.408 bits per heavy atom. The summed E-state index contributed by atoms with van der Waals surface area (Å²) in [6.45, 7) is 0. The topological polar surface area (TPSA) is 115 Å². The van der Waals surface area contributed by atoms with Crippen LogP contribution in [0.25, 0.3) is 72.8 Å². The first-order valence-corrected chi connectivity index (χ1v) is 15.5. The lowest BCUT2D eigenvalue weighted by molar-refractivity contribution is 1.07. The van der Waals surface area contributed by atoms with E-state index in [-0.39, 0.29) is 0 Å². The molecule has 0 aliphatic rings. The van der Waals surface area contributed by atoms with E-state index in [0.29, 0.717) is 34.2 Å². The first-order chi connectivity index (χ1) is 24.1. The summed E-state index contributed by atoms with van der Waals surface area (Å²) < 4.78 is 2.08. The van der Waals surface area contributed by atoms with Gasteiger partial charge in [0, 0.05) is 33.2 Å². The molecule has 8 aromatic rings. The summed E-state index contributed by atoms with van der Waals surface area (Å²) in [6, 6.07) is 51.2. The molecule has 0 unspecified atom stereocenters. The molecule has 0 amide bonds. The Bertz CT molecular complexity index is 2540. The van der Waals surface area contributed by atoms with Gasteiger partial charge in [-0.2, -0.15) is 15.8 Å². The number of nitriles is 3. The molecule has 6 aromatic carbocycles. The van der Waals surface area contributed by atoms with Gasteiger partial charge >= 0.3 is 0 Å². The molecule has 0 radical (unpaired) electrons. The van der Waals surface area contributed by atoms with Crippen LogP contribution >= 0.6 is 0 Å². The van der Waals surface area contributed by atoms with Crippen molar-refractivity contribution in [2.75, 3.05) is 0 Å². The van der Waals surface area contributed by atoms with Gasteiger partial charge in [-0.25, -0.2) is 15.0 Å². The van der Waals surface area contributed by atoms with Gasteiger partial charge in [0.25, 0.3) is 0 Å². The van der Waals surface area contributed by atoms with Crippen LogP contribution in [-0.4, -0.2) is 19.5 Å². The Balaban J connectivity index is 1.45. The maximum Gasteiger partial charge on any atom is 0.164 e. The van der Waals surface area contributed by atoms with E-state index in [0.717, 1.165) is 55.3 Å². The van der Waals surface area contributed by atoms with E-state index in [4.69, 9.17) is 15.0 Å². The van der Waals surface area contributed by atoms with Gasteiger partial charge in [-0.15, -0.1) is 0 Å². The third-order valence-corrected chi connectivity index (χ3v) is 8.55. The molecule has 0 spiro atoms. The largest absolute Gasteiger partial charge is 0.309 e. The third-order valence-electron chi connectivity index (χ3n) is 8.55. The standard InChI is InChI=1S/C42H23N7/c43-24-27-11-15-30(16-12-27)34-20-17-33(49-38-21-28(25-44)13-18-35(38)36-19-14-29(26-45)22-39(36)49)23-37(34)42-47-40(31-7-3-1-4-8-31)46-41(48-42)32-9-5-2-6-10-32/h1-23H. The van der Waals surface area contributed by atoms with Crippen LogP contribution in [0.2, 0.25) is 0 Å². The molecule has 0 aliphatic carbocycles. The molecule has 0 N–H and O–H groups in total. The molecular weight excluding hydrogens is 603 g/mol. The highest BCUT2D eigenvalue weighted by Crippen LogP contribution is 2.38. The van der Waals surface area contributed by atoms with Crippen molar-refractivity contribution in [3.8, 4) is 69.2 Å². The number of rotatable bonds is 5. The number of fused-ring (bicyclic) bond motifs is 3. The first-order valence-electron chi connectivity index (χ1n) is 15.5. The number of benzene rings is 6. The molecule has 2 aromatic heterocycles. The normalized spacial score (nSPS) is 10.8. The second-order valence-electron chi connectivity index (χ2n) is 11.5. The van der Waals surface area contributed by atoms with E-state index in [1.807, 2.05) is 127 Å². The van der Waals surface area contributed by atoms with E-state index in [2.05, 4.69) is 22.8 Å². The highest BCUT2D eigenvalue weighted by molar-refractivity contribution is 6.10. The minimum absolute atomic E-state index is 0.477. The van der Waals surface area contributed by atoms with Crippen molar-refractivity contribution in [2.24, 2.45) is 0 Å². The fourth-order valence-electron chi connectivity index (χ4n) is 6.20. The molecule has 0 aliphatic heterocycles. The molecule has 0 bridgehead atoms. The molecule has 0 saturated carbocycles. The maximum atomic E-state index is 9.80.